The standard InChI is InChI=1S/C12H15F2NO2/c1-8(15-6-5-12(16)17-2)10-7-9(13)3-4-11(10)14/h3-4,7-8,15H,5-6H2,1-2H3. The van der Waals surface area contributed by atoms with Gasteiger partial charge < -0.3 is 10.1 Å². The Morgan fingerprint density at radius 3 is 2.82 bits per heavy atom. The summed E-state index contributed by atoms with van der Waals surface area (Å²) >= 11 is 0. The second-order valence-corrected chi connectivity index (χ2v) is 3.67. The average Bonchev–Trinajstić information content (AvgIpc) is 2.31. The third-order valence-electron chi connectivity index (χ3n) is 2.43. The van der Waals surface area contributed by atoms with Gasteiger partial charge in [0.05, 0.1) is 13.5 Å². The quantitative estimate of drug-likeness (QED) is 0.805. The Bertz CT molecular complexity index is 396. The highest BCUT2D eigenvalue weighted by molar-refractivity contribution is 5.69. The van der Waals surface area contributed by atoms with E-state index in [9.17, 15) is 13.6 Å². The van der Waals surface area contributed by atoms with E-state index in [0.717, 1.165) is 18.2 Å². The average molecular weight is 243 g/mol. The summed E-state index contributed by atoms with van der Waals surface area (Å²) < 4.78 is 30.8. The highest BCUT2D eigenvalue weighted by Gasteiger charge is 2.11. The van der Waals surface area contributed by atoms with Gasteiger partial charge >= 0.3 is 5.97 Å². The van der Waals surface area contributed by atoms with Gasteiger partial charge in [-0.25, -0.2) is 8.78 Å². The predicted molar refractivity (Wildman–Crippen MR) is 59.4 cm³/mol. The molecule has 0 saturated heterocycles. The minimum atomic E-state index is -0.483. The molecule has 3 nitrogen and oxygen atoms in total. The molecule has 0 aliphatic carbocycles. The summed E-state index contributed by atoms with van der Waals surface area (Å²) in [7, 11) is 1.30. The minimum Gasteiger partial charge on any atom is -0.469 e. The molecule has 5 heteroatoms. The number of hydrogen-bond donors (Lipinski definition) is 1. The molecule has 1 N–H and O–H groups in total. The summed E-state index contributed by atoms with van der Waals surface area (Å²) in [4.78, 5) is 10.9. The Balaban J connectivity index is 2.54. The number of methoxy groups -OCH3 is 1. The second kappa shape index (κ2) is 6.30. The summed E-state index contributed by atoms with van der Waals surface area (Å²) in [5, 5.41) is 2.92. The third kappa shape index (κ3) is 4.11. The molecule has 1 rings (SSSR count). The van der Waals surface area contributed by atoms with E-state index < -0.39 is 11.6 Å². The van der Waals surface area contributed by atoms with Gasteiger partial charge in [-0.3, -0.25) is 4.79 Å². The number of carbonyl (C=O) groups excluding carboxylic acids is 1. The number of carbonyl (C=O) groups is 1. The summed E-state index contributed by atoms with van der Waals surface area (Å²) in [6.07, 6.45) is 0.192. The van der Waals surface area contributed by atoms with Gasteiger partial charge in [0, 0.05) is 18.2 Å². The van der Waals surface area contributed by atoms with Crippen LogP contribution in [0.3, 0.4) is 0 Å². The molecule has 0 aromatic heterocycles. The van der Waals surface area contributed by atoms with Gasteiger partial charge in [0.1, 0.15) is 11.6 Å². The third-order valence-corrected chi connectivity index (χ3v) is 2.43. The summed E-state index contributed by atoms with van der Waals surface area (Å²) in [6, 6.07) is 2.93. The Hall–Kier alpha value is -1.49. The van der Waals surface area contributed by atoms with E-state index in [-0.39, 0.29) is 24.0 Å². The zero-order valence-corrected chi connectivity index (χ0v) is 9.80. The molecule has 94 valence electrons. The predicted octanol–water partition coefficient (Wildman–Crippen LogP) is 2.18. The molecule has 0 aliphatic heterocycles. The molecule has 1 aromatic rings. The number of nitrogens with one attached hydrogen (secondary N) is 1. The lowest BCUT2D eigenvalue weighted by Gasteiger charge is -2.14. The van der Waals surface area contributed by atoms with Gasteiger partial charge in [0.2, 0.25) is 0 Å². The first-order valence-corrected chi connectivity index (χ1v) is 5.29. The van der Waals surface area contributed by atoms with Gasteiger partial charge in [-0.15, -0.1) is 0 Å². The van der Waals surface area contributed by atoms with Crippen molar-refractivity contribution in [2.24, 2.45) is 0 Å². The van der Waals surface area contributed by atoms with Crippen LogP contribution < -0.4 is 5.32 Å². The number of rotatable bonds is 5. The molecule has 0 radical (unpaired) electrons. The first kappa shape index (κ1) is 13.6. The highest BCUT2D eigenvalue weighted by Crippen LogP contribution is 2.17. The first-order chi connectivity index (χ1) is 8.04. The van der Waals surface area contributed by atoms with Crippen molar-refractivity contribution in [2.75, 3.05) is 13.7 Å². The van der Waals surface area contributed by atoms with Crippen LogP contribution >= 0.6 is 0 Å². The Labute approximate surface area is 98.8 Å². The number of ether oxygens (including phenoxy) is 1. The summed E-state index contributed by atoms with van der Waals surface area (Å²) in [5.41, 5.74) is 0.245. The molecule has 0 aliphatic rings. The lowest BCUT2D eigenvalue weighted by atomic mass is 10.1. The van der Waals surface area contributed by atoms with Crippen LogP contribution in [0, 0.1) is 11.6 Å². The van der Waals surface area contributed by atoms with Crippen molar-refractivity contribution in [3.63, 3.8) is 0 Å². The number of benzene rings is 1. The van der Waals surface area contributed by atoms with E-state index in [1.165, 1.54) is 7.11 Å². The maximum absolute atomic E-state index is 13.4. The van der Waals surface area contributed by atoms with Crippen LogP contribution in [0.15, 0.2) is 18.2 Å². The van der Waals surface area contributed by atoms with Crippen molar-refractivity contribution in [3.8, 4) is 0 Å². The molecule has 1 aromatic carbocycles. The number of hydrogen-bond acceptors (Lipinski definition) is 3. The molecule has 0 amide bonds. The van der Waals surface area contributed by atoms with E-state index in [0.29, 0.717) is 6.54 Å². The van der Waals surface area contributed by atoms with E-state index in [2.05, 4.69) is 10.1 Å². The maximum atomic E-state index is 13.4. The first-order valence-electron chi connectivity index (χ1n) is 5.29. The molecular formula is C12H15F2NO2. The van der Waals surface area contributed by atoms with Crippen LogP contribution in [-0.4, -0.2) is 19.6 Å². The smallest absolute Gasteiger partial charge is 0.306 e. The van der Waals surface area contributed by atoms with Crippen LogP contribution in [0.2, 0.25) is 0 Å². The van der Waals surface area contributed by atoms with Crippen LogP contribution in [0.1, 0.15) is 24.9 Å². The fourth-order valence-electron chi connectivity index (χ4n) is 1.45. The Morgan fingerprint density at radius 2 is 2.18 bits per heavy atom. The normalized spacial score (nSPS) is 12.2. The van der Waals surface area contributed by atoms with Gasteiger partial charge in [0.15, 0.2) is 0 Å². The topological polar surface area (TPSA) is 38.3 Å². The van der Waals surface area contributed by atoms with Crippen LogP contribution in [0.5, 0.6) is 0 Å². The van der Waals surface area contributed by atoms with Crippen LogP contribution in [0.4, 0.5) is 8.78 Å². The Morgan fingerprint density at radius 1 is 1.47 bits per heavy atom. The summed E-state index contributed by atoms with van der Waals surface area (Å²) in [6.45, 7) is 2.05. The zero-order chi connectivity index (χ0) is 12.8. The fraction of sp³-hybridized carbons (Fsp3) is 0.417. The van der Waals surface area contributed by atoms with E-state index in [1.807, 2.05) is 0 Å². The number of halogens is 2. The molecule has 0 heterocycles. The Kier molecular flexibility index (Phi) is 5.03. The molecule has 0 saturated carbocycles. The van der Waals surface area contributed by atoms with Crippen molar-refractivity contribution < 1.29 is 18.3 Å². The second-order valence-electron chi connectivity index (χ2n) is 3.67. The van der Waals surface area contributed by atoms with Crippen molar-refractivity contribution in [1.29, 1.82) is 0 Å². The lowest BCUT2D eigenvalue weighted by molar-refractivity contribution is -0.140. The fourth-order valence-corrected chi connectivity index (χ4v) is 1.45. The van der Waals surface area contributed by atoms with Gasteiger partial charge in [-0.2, -0.15) is 0 Å². The highest BCUT2D eigenvalue weighted by atomic mass is 19.1. The minimum absolute atomic E-state index is 0.192. The van der Waals surface area contributed by atoms with Crippen LogP contribution in [0.25, 0.3) is 0 Å². The molecule has 17 heavy (non-hydrogen) atoms. The van der Waals surface area contributed by atoms with Crippen molar-refractivity contribution in [3.05, 3.63) is 35.4 Å². The summed E-state index contributed by atoms with van der Waals surface area (Å²) in [5.74, 6) is -1.29. The lowest BCUT2D eigenvalue weighted by Crippen LogP contribution is -2.23. The number of esters is 1. The van der Waals surface area contributed by atoms with Gasteiger partial charge in [-0.05, 0) is 25.1 Å². The van der Waals surface area contributed by atoms with Gasteiger partial charge in [-0.1, -0.05) is 0 Å². The molecular weight excluding hydrogens is 228 g/mol. The van der Waals surface area contributed by atoms with Crippen molar-refractivity contribution in [1.82, 2.24) is 5.32 Å². The van der Waals surface area contributed by atoms with Gasteiger partial charge in [0.25, 0.3) is 0 Å². The SMILES string of the molecule is COC(=O)CCNC(C)c1cc(F)ccc1F. The largest absolute Gasteiger partial charge is 0.469 e. The van der Waals surface area contributed by atoms with E-state index >= 15 is 0 Å². The van der Waals surface area contributed by atoms with Crippen molar-refractivity contribution in [2.45, 2.75) is 19.4 Å². The maximum Gasteiger partial charge on any atom is 0.306 e. The zero-order valence-electron chi connectivity index (χ0n) is 9.80. The van der Waals surface area contributed by atoms with E-state index in [4.69, 9.17) is 0 Å². The molecule has 1 atom stereocenters. The van der Waals surface area contributed by atoms with Crippen LogP contribution in [-0.2, 0) is 9.53 Å². The molecule has 0 bridgehead atoms. The van der Waals surface area contributed by atoms with E-state index in [1.54, 1.807) is 6.92 Å². The molecule has 0 spiro atoms. The molecule has 0 fully saturated rings. The molecule has 1 unspecified atom stereocenters. The van der Waals surface area contributed by atoms with Crippen molar-refractivity contribution >= 4 is 5.97 Å². The monoisotopic (exact) mass is 243 g/mol.